The molecule has 0 amide bonds. The second-order valence-electron chi connectivity index (χ2n) is 11.1. The van der Waals surface area contributed by atoms with Crippen molar-refractivity contribution < 1.29 is 49.0 Å². The first-order valence-corrected chi connectivity index (χ1v) is 18.9. The van der Waals surface area contributed by atoms with Gasteiger partial charge in [-0.05, 0) is 72.6 Å². The molecule has 0 bridgehead atoms. The number of hydrogen-bond donors (Lipinski definition) is 4. The molecule has 2 aromatic heterocycles. The van der Waals surface area contributed by atoms with Gasteiger partial charge < -0.3 is 24.5 Å². The number of esters is 1. The normalized spacial score (nSPS) is 11.9. The summed E-state index contributed by atoms with van der Waals surface area (Å²) in [5, 5.41) is 6.31. The maximum atomic E-state index is 13.6. The Kier molecular flexibility index (Phi) is 11.9. The molecule has 0 aliphatic heterocycles. The summed E-state index contributed by atoms with van der Waals surface area (Å²) in [6.45, 7) is 2.57. The van der Waals surface area contributed by atoms with Crippen LogP contribution in [0.4, 0.5) is 15.9 Å². The maximum Gasteiger partial charge on any atom is 0.307 e. The molecule has 0 aliphatic rings. The van der Waals surface area contributed by atoms with E-state index in [1.54, 1.807) is 37.3 Å². The number of carbonyl (C=O) groups excluding carboxylic acids is 1. The van der Waals surface area contributed by atoms with Crippen LogP contribution >= 0.6 is 11.6 Å². The van der Waals surface area contributed by atoms with Crippen LogP contribution in [0.3, 0.4) is 0 Å². The number of ether oxygens (including phenoxy) is 2. The van der Waals surface area contributed by atoms with Gasteiger partial charge >= 0.3 is 5.97 Å². The Labute approximate surface area is 297 Å². The van der Waals surface area contributed by atoms with Crippen LogP contribution in [0.25, 0.3) is 22.2 Å². The quantitative estimate of drug-likeness (QED) is 0.0531. The summed E-state index contributed by atoms with van der Waals surface area (Å²) >= 11 is 6.49. The Morgan fingerprint density at radius 3 is 2.47 bits per heavy atom. The number of nitrogens with zero attached hydrogens (tertiary/aromatic N) is 2. The average molecular weight is 763 g/mol. The van der Waals surface area contributed by atoms with E-state index in [0.29, 0.717) is 23.6 Å². The Morgan fingerprint density at radius 2 is 1.76 bits per heavy atom. The first-order valence-electron chi connectivity index (χ1n) is 15.3. The summed E-state index contributed by atoms with van der Waals surface area (Å²) in [6.07, 6.45) is 0.149. The van der Waals surface area contributed by atoms with Crippen molar-refractivity contribution in [2.75, 3.05) is 18.5 Å². The molecule has 0 fully saturated rings. The number of nitrogens with one attached hydrogen (secondary N) is 2. The Bertz CT molecular complexity index is 2280. The highest BCUT2D eigenvalue weighted by Gasteiger charge is 2.23. The zero-order valence-electron chi connectivity index (χ0n) is 26.9. The smallest absolute Gasteiger partial charge is 0.307 e. The van der Waals surface area contributed by atoms with Gasteiger partial charge in [0.2, 0.25) is 0 Å². The van der Waals surface area contributed by atoms with Gasteiger partial charge in [-0.15, -0.1) is 0 Å². The second kappa shape index (κ2) is 16.1. The molecule has 14 nitrogen and oxygen atoms in total. The highest BCUT2D eigenvalue weighted by Crippen LogP contribution is 2.37. The van der Waals surface area contributed by atoms with Gasteiger partial charge in [0.05, 0.1) is 30.1 Å². The van der Waals surface area contributed by atoms with Crippen LogP contribution < -0.4 is 15.4 Å². The lowest BCUT2D eigenvalue weighted by molar-refractivity contribution is -0.143. The van der Waals surface area contributed by atoms with Crippen LogP contribution in [0.15, 0.2) is 71.1 Å². The lowest BCUT2D eigenvalue weighted by Crippen LogP contribution is -2.18. The van der Waals surface area contributed by atoms with E-state index in [9.17, 15) is 35.1 Å². The number of anilines is 2. The Morgan fingerprint density at radius 1 is 0.980 bits per heavy atom. The van der Waals surface area contributed by atoms with E-state index >= 15 is 0 Å². The van der Waals surface area contributed by atoms with Crippen LogP contribution in [0.2, 0.25) is 5.02 Å². The van der Waals surface area contributed by atoms with Gasteiger partial charge in [-0.2, -0.15) is 16.8 Å². The van der Waals surface area contributed by atoms with Crippen molar-refractivity contribution in [1.29, 1.82) is 0 Å². The summed E-state index contributed by atoms with van der Waals surface area (Å²) in [5.41, 5.74) is 1.25. The zero-order valence-corrected chi connectivity index (χ0v) is 29.3. The van der Waals surface area contributed by atoms with Crippen molar-refractivity contribution in [3.63, 3.8) is 0 Å². The van der Waals surface area contributed by atoms with E-state index in [4.69, 9.17) is 25.5 Å². The molecule has 5 aromatic rings. The van der Waals surface area contributed by atoms with E-state index in [-0.39, 0.29) is 82.4 Å². The second-order valence-corrected chi connectivity index (χ2v) is 14.4. The van der Waals surface area contributed by atoms with Crippen molar-refractivity contribution >= 4 is 60.2 Å². The number of aromatic nitrogens is 2. The summed E-state index contributed by atoms with van der Waals surface area (Å²) in [4.78, 5) is 20.2. The molecule has 51 heavy (non-hydrogen) atoms. The Balaban J connectivity index is 1.52. The molecule has 4 N–H and O–H groups in total. The summed E-state index contributed by atoms with van der Waals surface area (Å²) in [5.74, 6) is -2.06. The van der Waals surface area contributed by atoms with Gasteiger partial charge in [0.15, 0.2) is 0 Å². The predicted octanol–water partition coefficient (Wildman–Crippen LogP) is 5.82. The third-order valence-corrected chi connectivity index (χ3v) is 8.74. The van der Waals surface area contributed by atoms with E-state index in [1.807, 2.05) is 0 Å². The number of halogens is 2. The van der Waals surface area contributed by atoms with Crippen molar-refractivity contribution in [3.8, 4) is 17.1 Å². The number of carbonyl (C=O) groups is 1. The molecular formula is C33H32ClFN4O10S2. The fourth-order valence-corrected chi connectivity index (χ4v) is 6.45. The lowest BCUT2D eigenvalue weighted by atomic mass is 10.0. The largest absolute Gasteiger partial charge is 0.487 e. The molecule has 0 radical (unpaired) electrons. The van der Waals surface area contributed by atoms with E-state index in [1.165, 1.54) is 36.4 Å². The Hall–Kier alpha value is -4.65. The highest BCUT2D eigenvalue weighted by atomic mass is 35.5. The van der Waals surface area contributed by atoms with Crippen molar-refractivity contribution in [2.24, 2.45) is 0 Å². The van der Waals surface area contributed by atoms with Crippen molar-refractivity contribution in [1.82, 2.24) is 15.3 Å². The molecule has 0 aliphatic carbocycles. The molecule has 2 heterocycles. The molecule has 0 saturated heterocycles. The minimum absolute atomic E-state index is 0.0215. The van der Waals surface area contributed by atoms with E-state index < -0.39 is 37.6 Å². The number of benzene rings is 3. The van der Waals surface area contributed by atoms with Gasteiger partial charge in [-0.3, -0.25) is 13.9 Å². The molecule has 3 aromatic carbocycles. The van der Waals surface area contributed by atoms with Crippen molar-refractivity contribution in [3.05, 3.63) is 100 Å². The first-order chi connectivity index (χ1) is 24.2. The van der Waals surface area contributed by atoms with Crippen LogP contribution in [-0.2, 0) is 54.4 Å². The molecule has 270 valence electrons. The number of furan rings is 1. The minimum atomic E-state index is -4.67. The SMILES string of the molecule is CCOC(=O)CCNCc1ccc(-c2ccc3nc(CS(=O)(=O)O)nc(Nc4ccc(OCc5cccc(F)c5)c(Cl)c4)c3c2CS(=O)(=O)O)o1. The van der Waals surface area contributed by atoms with Gasteiger partial charge in [0.1, 0.15) is 52.8 Å². The van der Waals surface area contributed by atoms with Gasteiger partial charge in [0.25, 0.3) is 20.2 Å². The van der Waals surface area contributed by atoms with Crippen LogP contribution in [0.1, 0.15) is 36.1 Å². The molecule has 0 unspecified atom stereocenters. The zero-order chi connectivity index (χ0) is 36.8. The van der Waals surface area contributed by atoms with Gasteiger partial charge in [-0.1, -0.05) is 23.7 Å². The van der Waals surface area contributed by atoms with Crippen molar-refractivity contribution in [2.45, 2.75) is 38.0 Å². The van der Waals surface area contributed by atoms with Gasteiger partial charge in [-0.25, -0.2) is 14.4 Å². The molecule has 0 saturated carbocycles. The van der Waals surface area contributed by atoms with E-state index in [2.05, 4.69) is 20.6 Å². The summed E-state index contributed by atoms with van der Waals surface area (Å²) < 4.78 is 98.0. The fourth-order valence-electron chi connectivity index (χ4n) is 5.10. The monoisotopic (exact) mass is 762 g/mol. The standard InChI is InChI=1S/C33H32ClFN4O10S2/c1-2-47-31(40)12-13-36-16-23-7-11-28(49-23)24-8-9-27-32(25(24)18-50(41,42)43)33(39-30(38-27)19-51(44,45)46)37-22-6-10-29(26(34)15-22)48-17-20-4-3-5-21(35)14-20/h3-11,14-15,36H,2,12-13,16-19H2,1H3,(H,37,38,39)(H,41,42,43)(H,44,45,46). The van der Waals surface area contributed by atoms with Gasteiger partial charge in [0, 0.05) is 23.2 Å². The van der Waals surface area contributed by atoms with Crippen LogP contribution in [-0.4, -0.2) is 55.0 Å². The minimum Gasteiger partial charge on any atom is -0.487 e. The topological polar surface area (TPSA) is 207 Å². The lowest BCUT2D eigenvalue weighted by Gasteiger charge is -2.16. The molecule has 0 spiro atoms. The molecular weight excluding hydrogens is 731 g/mol. The third-order valence-electron chi connectivity index (χ3n) is 7.17. The first kappa shape index (κ1) is 37.6. The third kappa shape index (κ3) is 10.7. The number of fused-ring (bicyclic) bond motifs is 1. The summed E-state index contributed by atoms with van der Waals surface area (Å²) in [7, 11) is -9.25. The fraction of sp³-hybridized carbons (Fsp3) is 0.242. The number of rotatable bonds is 16. The molecule has 18 heteroatoms. The maximum absolute atomic E-state index is 13.6. The van der Waals surface area contributed by atoms with E-state index in [0.717, 1.165) is 0 Å². The van der Waals surface area contributed by atoms with Crippen LogP contribution in [0, 0.1) is 5.82 Å². The molecule has 5 rings (SSSR count). The predicted molar refractivity (Wildman–Crippen MR) is 186 cm³/mol. The molecule has 0 atom stereocenters. The van der Waals surface area contributed by atoms with Crippen LogP contribution in [0.5, 0.6) is 5.75 Å². The average Bonchev–Trinajstić information content (AvgIpc) is 3.50. The summed E-state index contributed by atoms with van der Waals surface area (Å²) in [6, 6.07) is 16.6. The highest BCUT2D eigenvalue weighted by molar-refractivity contribution is 7.85. The number of hydrogen-bond acceptors (Lipinski definition) is 12.